The van der Waals surface area contributed by atoms with Crippen molar-refractivity contribution in [3.63, 3.8) is 0 Å². The smallest absolute Gasteiger partial charge is 0.407 e. The fraction of sp³-hybridized carbons (Fsp3) is 0.348. The average Bonchev–Trinajstić information content (AvgIpc) is 3.05. The number of nitrogens with one attached hydrogen (secondary N) is 1. The van der Waals surface area contributed by atoms with Crippen molar-refractivity contribution in [2.45, 2.75) is 45.9 Å². The molecule has 0 fully saturated rings. The van der Waals surface area contributed by atoms with E-state index in [-0.39, 0.29) is 6.09 Å². The van der Waals surface area contributed by atoms with E-state index >= 15 is 0 Å². The van der Waals surface area contributed by atoms with Gasteiger partial charge < -0.3 is 19.4 Å². The molecule has 0 unspecified atom stereocenters. The lowest BCUT2D eigenvalue weighted by molar-refractivity contribution is 0.0527. The lowest BCUT2D eigenvalue weighted by Gasteiger charge is -2.19. The third-order valence-electron chi connectivity index (χ3n) is 4.23. The Morgan fingerprint density at radius 3 is 2.61 bits per heavy atom. The maximum Gasteiger partial charge on any atom is 0.407 e. The Morgan fingerprint density at radius 1 is 1.07 bits per heavy atom. The number of alkyl carbamates (subject to hydrolysis) is 1. The topological polar surface area (TPSA) is 52.5 Å². The number of ether oxygens (including phenoxy) is 2. The van der Waals surface area contributed by atoms with E-state index in [1.165, 1.54) is 0 Å². The molecular weight excluding hydrogens is 352 g/mol. The first-order valence-corrected chi connectivity index (χ1v) is 9.63. The molecule has 1 amide bonds. The number of benzene rings is 2. The standard InChI is InChI=1S/C23H28N2O3/c1-23(2,3)28-22(26)24-13-7-14-25-15-12-19-16-20(10-11-21(19)25)27-17-18-8-5-4-6-9-18/h4-6,8-12,15-16H,7,13-14,17H2,1-3H3,(H,24,26). The van der Waals surface area contributed by atoms with Gasteiger partial charge in [0, 0.05) is 30.2 Å². The van der Waals surface area contributed by atoms with Gasteiger partial charge in [0.25, 0.3) is 0 Å². The first-order valence-electron chi connectivity index (χ1n) is 9.63. The van der Waals surface area contributed by atoms with Gasteiger partial charge in [-0.3, -0.25) is 0 Å². The number of hydrogen-bond acceptors (Lipinski definition) is 3. The van der Waals surface area contributed by atoms with Gasteiger partial charge in [-0.1, -0.05) is 30.3 Å². The van der Waals surface area contributed by atoms with Gasteiger partial charge in [-0.2, -0.15) is 0 Å². The highest BCUT2D eigenvalue weighted by Gasteiger charge is 2.15. The van der Waals surface area contributed by atoms with Gasteiger partial charge >= 0.3 is 6.09 Å². The van der Waals surface area contributed by atoms with Crippen molar-refractivity contribution in [3.8, 4) is 5.75 Å². The van der Waals surface area contributed by atoms with Crippen LogP contribution in [0.2, 0.25) is 0 Å². The highest BCUT2D eigenvalue weighted by Crippen LogP contribution is 2.23. The normalized spacial score (nSPS) is 11.4. The number of fused-ring (bicyclic) bond motifs is 1. The van der Waals surface area contributed by atoms with Crippen molar-refractivity contribution >= 4 is 17.0 Å². The maximum absolute atomic E-state index is 11.7. The summed E-state index contributed by atoms with van der Waals surface area (Å²) in [7, 11) is 0. The van der Waals surface area contributed by atoms with Crippen molar-refractivity contribution in [1.29, 1.82) is 0 Å². The average molecular weight is 380 g/mol. The molecule has 5 nitrogen and oxygen atoms in total. The van der Waals surface area contributed by atoms with Crippen LogP contribution in [0.4, 0.5) is 4.79 Å². The fourth-order valence-electron chi connectivity index (χ4n) is 2.96. The van der Waals surface area contributed by atoms with Crippen LogP contribution in [-0.2, 0) is 17.9 Å². The zero-order valence-electron chi connectivity index (χ0n) is 16.8. The Bertz CT molecular complexity index is 910. The van der Waals surface area contributed by atoms with Gasteiger partial charge in [-0.15, -0.1) is 0 Å². The second kappa shape index (κ2) is 8.83. The minimum Gasteiger partial charge on any atom is -0.489 e. The Hall–Kier alpha value is -2.95. The SMILES string of the molecule is CC(C)(C)OC(=O)NCCCn1ccc2cc(OCc3ccccc3)ccc21. The molecule has 0 atom stereocenters. The summed E-state index contributed by atoms with van der Waals surface area (Å²) in [6, 6.07) is 18.4. The summed E-state index contributed by atoms with van der Waals surface area (Å²) in [5.74, 6) is 0.862. The number of amides is 1. The molecule has 0 bridgehead atoms. The molecule has 0 aliphatic rings. The Kier molecular flexibility index (Phi) is 6.24. The van der Waals surface area contributed by atoms with E-state index in [2.05, 4.69) is 46.4 Å². The molecule has 148 valence electrons. The van der Waals surface area contributed by atoms with Crippen LogP contribution in [0.1, 0.15) is 32.8 Å². The van der Waals surface area contributed by atoms with Gasteiger partial charge in [0.1, 0.15) is 18.0 Å². The molecule has 2 aromatic carbocycles. The number of aromatic nitrogens is 1. The van der Waals surface area contributed by atoms with Crippen molar-refractivity contribution in [2.75, 3.05) is 6.54 Å². The summed E-state index contributed by atoms with van der Waals surface area (Å²) >= 11 is 0. The van der Waals surface area contributed by atoms with Crippen molar-refractivity contribution in [2.24, 2.45) is 0 Å². The molecule has 1 N–H and O–H groups in total. The van der Waals surface area contributed by atoms with Crippen LogP contribution >= 0.6 is 0 Å². The lowest BCUT2D eigenvalue weighted by atomic mass is 10.2. The molecule has 0 saturated carbocycles. The monoisotopic (exact) mass is 380 g/mol. The van der Waals surface area contributed by atoms with E-state index in [1.54, 1.807) is 0 Å². The number of carbonyl (C=O) groups is 1. The van der Waals surface area contributed by atoms with Crippen LogP contribution in [0.3, 0.4) is 0 Å². The van der Waals surface area contributed by atoms with Crippen molar-refractivity contribution in [1.82, 2.24) is 9.88 Å². The van der Waals surface area contributed by atoms with E-state index in [1.807, 2.05) is 45.0 Å². The molecule has 1 heterocycles. The Morgan fingerprint density at radius 2 is 1.86 bits per heavy atom. The van der Waals surface area contributed by atoms with Crippen LogP contribution in [0, 0.1) is 0 Å². The maximum atomic E-state index is 11.7. The number of carbonyl (C=O) groups excluding carboxylic acids is 1. The Balaban J connectivity index is 1.50. The van der Waals surface area contributed by atoms with E-state index in [4.69, 9.17) is 9.47 Å². The highest BCUT2D eigenvalue weighted by atomic mass is 16.6. The van der Waals surface area contributed by atoms with Crippen LogP contribution in [0.15, 0.2) is 60.8 Å². The van der Waals surface area contributed by atoms with E-state index in [0.29, 0.717) is 13.2 Å². The summed E-state index contributed by atoms with van der Waals surface area (Å²) in [5.41, 5.74) is 1.84. The molecule has 28 heavy (non-hydrogen) atoms. The summed E-state index contributed by atoms with van der Waals surface area (Å²) in [5, 5.41) is 3.94. The molecule has 3 aromatic rings. The highest BCUT2D eigenvalue weighted by molar-refractivity contribution is 5.81. The van der Waals surface area contributed by atoms with Gasteiger partial charge in [-0.25, -0.2) is 4.79 Å². The minimum absolute atomic E-state index is 0.370. The zero-order valence-corrected chi connectivity index (χ0v) is 16.8. The number of aryl methyl sites for hydroxylation is 1. The largest absolute Gasteiger partial charge is 0.489 e. The summed E-state index contributed by atoms with van der Waals surface area (Å²) in [6.45, 7) is 7.53. The van der Waals surface area contributed by atoms with Gasteiger partial charge in [-0.05, 0) is 57.0 Å². The first-order chi connectivity index (χ1) is 13.4. The van der Waals surface area contributed by atoms with Gasteiger partial charge in [0.15, 0.2) is 0 Å². The van der Waals surface area contributed by atoms with Crippen molar-refractivity contribution in [3.05, 3.63) is 66.4 Å². The molecule has 3 rings (SSSR count). The molecule has 0 aliphatic heterocycles. The summed E-state index contributed by atoms with van der Waals surface area (Å²) < 4.78 is 13.3. The first kappa shape index (κ1) is 19.8. The molecule has 0 radical (unpaired) electrons. The van der Waals surface area contributed by atoms with Crippen LogP contribution in [0.25, 0.3) is 10.9 Å². The molecule has 1 aromatic heterocycles. The lowest BCUT2D eigenvalue weighted by Crippen LogP contribution is -2.33. The van der Waals surface area contributed by atoms with Crippen LogP contribution < -0.4 is 10.1 Å². The minimum atomic E-state index is -0.471. The van der Waals surface area contributed by atoms with E-state index in [0.717, 1.165) is 35.2 Å². The number of hydrogen-bond donors (Lipinski definition) is 1. The number of rotatable bonds is 7. The summed E-state index contributed by atoms with van der Waals surface area (Å²) in [6.07, 6.45) is 2.53. The van der Waals surface area contributed by atoms with Crippen LogP contribution in [-0.4, -0.2) is 22.8 Å². The fourth-order valence-corrected chi connectivity index (χ4v) is 2.96. The van der Waals surface area contributed by atoms with E-state index < -0.39 is 5.60 Å². The van der Waals surface area contributed by atoms with Gasteiger partial charge in [0.05, 0.1) is 0 Å². The molecular formula is C23H28N2O3. The van der Waals surface area contributed by atoms with Crippen LogP contribution in [0.5, 0.6) is 5.75 Å². The Labute approximate surface area is 166 Å². The summed E-state index contributed by atoms with van der Waals surface area (Å²) in [4.78, 5) is 11.7. The predicted octanol–water partition coefficient (Wildman–Crippen LogP) is 5.14. The van der Waals surface area contributed by atoms with Crippen molar-refractivity contribution < 1.29 is 14.3 Å². The van der Waals surface area contributed by atoms with Gasteiger partial charge in [0.2, 0.25) is 0 Å². The number of nitrogens with zero attached hydrogens (tertiary/aromatic N) is 1. The molecule has 5 heteroatoms. The third-order valence-corrected chi connectivity index (χ3v) is 4.23. The zero-order chi connectivity index (χ0) is 20.0. The second-order valence-electron chi connectivity index (χ2n) is 7.79. The molecule has 0 spiro atoms. The molecule has 0 aliphatic carbocycles. The second-order valence-corrected chi connectivity index (χ2v) is 7.79. The van der Waals surface area contributed by atoms with E-state index in [9.17, 15) is 4.79 Å². The third kappa shape index (κ3) is 5.78. The quantitative estimate of drug-likeness (QED) is 0.578. The predicted molar refractivity (Wildman–Crippen MR) is 112 cm³/mol. The molecule has 0 saturated heterocycles.